The minimum absolute atomic E-state index is 0.0523. The second-order valence-electron chi connectivity index (χ2n) is 4.06. The van der Waals surface area contributed by atoms with Crippen molar-refractivity contribution in [2.75, 3.05) is 32.6 Å². The van der Waals surface area contributed by atoms with Crippen molar-refractivity contribution in [3.05, 3.63) is 23.8 Å². The molecule has 1 aromatic rings. The molecule has 94 valence electrons. The summed E-state index contributed by atoms with van der Waals surface area (Å²) in [5, 5.41) is 3.09. The average Bonchev–Trinajstić information content (AvgIpc) is 2.29. The number of hydrogen-bond donors (Lipinski definition) is 1. The van der Waals surface area contributed by atoms with Crippen molar-refractivity contribution in [2.45, 2.75) is 13.8 Å². The van der Waals surface area contributed by atoms with Gasteiger partial charge in [0.1, 0.15) is 5.75 Å². The van der Waals surface area contributed by atoms with Crippen molar-refractivity contribution in [1.29, 1.82) is 0 Å². The van der Waals surface area contributed by atoms with Gasteiger partial charge in [-0.2, -0.15) is 0 Å². The third kappa shape index (κ3) is 3.98. The topological polar surface area (TPSA) is 41.6 Å². The normalized spacial score (nSPS) is 9.88. The molecule has 0 heterocycles. The highest BCUT2D eigenvalue weighted by Crippen LogP contribution is 2.21. The van der Waals surface area contributed by atoms with Crippen LogP contribution in [0, 0.1) is 6.92 Å². The van der Waals surface area contributed by atoms with Crippen LogP contribution in [0.1, 0.15) is 12.5 Å². The van der Waals surface area contributed by atoms with Gasteiger partial charge in [-0.15, -0.1) is 0 Å². The first kappa shape index (κ1) is 13.4. The Morgan fingerprint density at radius 1 is 1.41 bits per heavy atom. The molecule has 0 unspecified atom stereocenters. The quantitative estimate of drug-likeness (QED) is 0.849. The number of carbonyl (C=O) groups is 1. The van der Waals surface area contributed by atoms with Crippen molar-refractivity contribution < 1.29 is 9.53 Å². The number of likely N-dealkylation sites (N-methyl/N-ethyl adjacent to an activating group) is 1. The van der Waals surface area contributed by atoms with Crippen LogP contribution in [-0.2, 0) is 4.79 Å². The summed E-state index contributed by atoms with van der Waals surface area (Å²) in [6.07, 6.45) is 0. The van der Waals surface area contributed by atoms with Crippen LogP contribution < -0.4 is 10.1 Å². The molecular weight excluding hydrogens is 216 g/mol. The van der Waals surface area contributed by atoms with E-state index in [-0.39, 0.29) is 5.91 Å². The Labute approximate surface area is 103 Å². The number of anilines is 1. The molecule has 0 aliphatic carbocycles. The number of nitrogens with one attached hydrogen (secondary N) is 1. The van der Waals surface area contributed by atoms with Gasteiger partial charge in [0, 0.05) is 19.8 Å². The summed E-state index contributed by atoms with van der Waals surface area (Å²) in [6.45, 7) is 4.92. The van der Waals surface area contributed by atoms with Crippen molar-refractivity contribution in [3.8, 4) is 5.75 Å². The SMILES string of the molecule is CCOc1ccc(NCC(=O)N(C)C)cc1C. The maximum absolute atomic E-state index is 11.4. The van der Waals surface area contributed by atoms with Gasteiger partial charge in [-0.05, 0) is 37.6 Å². The fraction of sp³-hybridized carbons (Fsp3) is 0.462. The second kappa shape index (κ2) is 6.13. The lowest BCUT2D eigenvalue weighted by atomic mass is 10.2. The Hall–Kier alpha value is -1.71. The van der Waals surface area contributed by atoms with Crippen LogP contribution in [0.5, 0.6) is 5.75 Å². The standard InChI is InChI=1S/C13H20N2O2/c1-5-17-12-7-6-11(8-10(12)2)14-9-13(16)15(3)4/h6-8,14H,5,9H2,1-4H3. The minimum atomic E-state index is 0.0523. The summed E-state index contributed by atoms with van der Waals surface area (Å²) in [7, 11) is 3.49. The molecule has 4 heteroatoms. The molecule has 0 spiro atoms. The molecule has 0 saturated carbocycles. The van der Waals surface area contributed by atoms with Gasteiger partial charge >= 0.3 is 0 Å². The summed E-state index contributed by atoms with van der Waals surface area (Å²) >= 11 is 0. The molecule has 4 nitrogen and oxygen atoms in total. The molecule has 17 heavy (non-hydrogen) atoms. The van der Waals surface area contributed by atoms with E-state index in [0.717, 1.165) is 17.0 Å². The Balaban J connectivity index is 2.61. The fourth-order valence-corrected chi connectivity index (χ4v) is 1.41. The van der Waals surface area contributed by atoms with Crippen LogP contribution in [0.15, 0.2) is 18.2 Å². The van der Waals surface area contributed by atoms with Gasteiger partial charge in [0.15, 0.2) is 0 Å². The number of amides is 1. The Kier molecular flexibility index (Phi) is 4.82. The van der Waals surface area contributed by atoms with Crippen LogP contribution in [-0.4, -0.2) is 38.1 Å². The molecule has 1 N–H and O–H groups in total. The van der Waals surface area contributed by atoms with Gasteiger partial charge < -0.3 is 15.0 Å². The predicted molar refractivity (Wildman–Crippen MR) is 69.5 cm³/mol. The number of carbonyl (C=O) groups excluding carboxylic acids is 1. The zero-order valence-electron chi connectivity index (χ0n) is 10.9. The molecule has 0 radical (unpaired) electrons. The molecule has 0 aliphatic heterocycles. The lowest BCUT2D eigenvalue weighted by Crippen LogP contribution is -2.28. The van der Waals surface area contributed by atoms with Crippen LogP contribution >= 0.6 is 0 Å². The monoisotopic (exact) mass is 236 g/mol. The molecule has 0 aromatic heterocycles. The first-order valence-corrected chi connectivity index (χ1v) is 5.72. The van der Waals surface area contributed by atoms with Gasteiger partial charge in [0.05, 0.1) is 13.2 Å². The Morgan fingerprint density at radius 2 is 2.12 bits per heavy atom. The third-order valence-corrected chi connectivity index (χ3v) is 2.42. The van der Waals surface area contributed by atoms with E-state index in [2.05, 4.69) is 5.32 Å². The average molecular weight is 236 g/mol. The maximum Gasteiger partial charge on any atom is 0.241 e. The highest BCUT2D eigenvalue weighted by atomic mass is 16.5. The van der Waals surface area contributed by atoms with Gasteiger partial charge in [-0.3, -0.25) is 4.79 Å². The van der Waals surface area contributed by atoms with Crippen molar-refractivity contribution >= 4 is 11.6 Å². The number of hydrogen-bond acceptors (Lipinski definition) is 3. The van der Waals surface area contributed by atoms with E-state index in [0.29, 0.717) is 13.2 Å². The fourth-order valence-electron chi connectivity index (χ4n) is 1.41. The number of aryl methyl sites for hydroxylation is 1. The van der Waals surface area contributed by atoms with Crippen molar-refractivity contribution in [2.24, 2.45) is 0 Å². The van der Waals surface area contributed by atoms with E-state index in [9.17, 15) is 4.79 Å². The van der Waals surface area contributed by atoms with Gasteiger partial charge in [-0.25, -0.2) is 0 Å². The molecule has 1 rings (SSSR count). The molecule has 0 fully saturated rings. The van der Waals surface area contributed by atoms with Gasteiger partial charge in [0.2, 0.25) is 5.91 Å². The highest BCUT2D eigenvalue weighted by molar-refractivity contribution is 5.80. The van der Waals surface area contributed by atoms with Crippen molar-refractivity contribution in [1.82, 2.24) is 4.90 Å². The van der Waals surface area contributed by atoms with Gasteiger partial charge in [0.25, 0.3) is 0 Å². The lowest BCUT2D eigenvalue weighted by molar-refractivity contribution is -0.126. The smallest absolute Gasteiger partial charge is 0.241 e. The molecule has 0 saturated heterocycles. The summed E-state index contributed by atoms with van der Waals surface area (Å²) in [5.74, 6) is 0.938. The Morgan fingerprint density at radius 3 is 2.65 bits per heavy atom. The molecule has 1 amide bonds. The van der Waals surface area contributed by atoms with E-state index in [1.165, 1.54) is 0 Å². The maximum atomic E-state index is 11.4. The summed E-state index contributed by atoms with van der Waals surface area (Å²) in [5.41, 5.74) is 2.00. The number of ether oxygens (including phenoxy) is 1. The molecule has 0 aliphatic rings. The zero-order chi connectivity index (χ0) is 12.8. The van der Waals surface area contributed by atoms with Crippen molar-refractivity contribution in [3.63, 3.8) is 0 Å². The number of nitrogens with zero attached hydrogens (tertiary/aromatic N) is 1. The van der Waals surface area contributed by atoms with Crippen LogP contribution in [0.25, 0.3) is 0 Å². The second-order valence-corrected chi connectivity index (χ2v) is 4.06. The van der Waals surface area contributed by atoms with E-state index < -0.39 is 0 Å². The van der Waals surface area contributed by atoms with E-state index >= 15 is 0 Å². The van der Waals surface area contributed by atoms with E-state index in [4.69, 9.17) is 4.74 Å². The summed E-state index contributed by atoms with van der Waals surface area (Å²) < 4.78 is 5.45. The van der Waals surface area contributed by atoms with Gasteiger partial charge in [-0.1, -0.05) is 0 Å². The molecule has 1 aromatic carbocycles. The van der Waals surface area contributed by atoms with E-state index in [1.54, 1.807) is 19.0 Å². The lowest BCUT2D eigenvalue weighted by Gasteiger charge is -2.13. The van der Waals surface area contributed by atoms with Crippen LogP contribution in [0.4, 0.5) is 5.69 Å². The third-order valence-electron chi connectivity index (χ3n) is 2.42. The Bertz CT molecular complexity index is 389. The molecule has 0 bridgehead atoms. The van der Waals surface area contributed by atoms with Crippen LogP contribution in [0.2, 0.25) is 0 Å². The molecule has 0 atom stereocenters. The number of benzene rings is 1. The summed E-state index contributed by atoms with van der Waals surface area (Å²) in [4.78, 5) is 13.0. The first-order valence-electron chi connectivity index (χ1n) is 5.72. The zero-order valence-corrected chi connectivity index (χ0v) is 10.9. The predicted octanol–water partition coefficient (Wildman–Crippen LogP) is 1.89. The number of rotatable bonds is 5. The first-order chi connectivity index (χ1) is 8.04. The largest absolute Gasteiger partial charge is 0.494 e. The minimum Gasteiger partial charge on any atom is -0.494 e. The van der Waals surface area contributed by atoms with Crippen LogP contribution in [0.3, 0.4) is 0 Å². The molecular formula is C13H20N2O2. The highest BCUT2D eigenvalue weighted by Gasteiger charge is 2.04. The van der Waals surface area contributed by atoms with E-state index in [1.807, 2.05) is 32.0 Å². The summed E-state index contributed by atoms with van der Waals surface area (Å²) in [6, 6.07) is 5.82.